The number of ketones is 1. The van der Waals surface area contributed by atoms with E-state index in [9.17, 15) is 13.2 Å². The van der Waals surface area contributed by atoms with Crippen LogP contribution in [0.5, 0.6) is 0 Å². The number of unbranched alkanes of at least 4 members (excludes halogenated alkanes) is 6. The number of nitrogens with one attached hydrogen (secondary N) is 1. The van der Waals surface area contributed by atoms with Crippen molar-refractivity contribution in [3.8, 4) is 0 Å². The standard InChI is InChI=1S/C42H58F3N3O/c1-4-5-6-7-8-9-10-18-34(23-30(2)3)41(27-38-47-36-19-13-14-20-37(36)48(38)22-15-21-42(43,44)45)35-25-32-17-12-11-16-31(32)24-33(35)26-40(39(41)49)28-46-29-40/h11-12,16-17,24-25,30,34,46H,4-10,13-15,18-23,26-29H2,1-3H3. The zero-order valence-corrected chi connectivity index (χ0v) is 30.2. The van der Waals surface area contributed by atoms with Gasteiger partial charge in [-0.25, -0.2) is 4.98 Å². The van der Waals surface area contributed by atoms with Gasteiger partial charge in [0.15, 0.2) is 5.78 Å². The molecule has 1 fully saturated rings. The number of benzene rings is 2. The van der Waals surface area contributed by atoms with Crippen LogP contribution in [0.1, 0.15) is 133 Å². The van der Waals surface area contributed by atoms with Crippen LogP contribution < -0.4 is 5.32 Å². The van der Waals surface area contributed by atoms with Crippen LogP contribution in [0.2, 0.25) is 0 Å². The van der Waals surface area contributed by atoms with E-state index in [0.717, 1.165) is 79.5 Å². The Morgan fingerprint density at radius 1 is 0.939 bits per heavy atom. The monoisotopic (exact) mass is 677 g/mol. The van der Waals surface area contributed by atoms with Gasteiger partial charge in [-0.3, -0.25) is 4.79 Å². The second-order valence-corrected chi connectivity index (χ2v) is 16.1. The van der Waals surface area contributed by atoms with Crippen molar-refractivity contribution in [1.29, 1.82) is 0 Å². The van der Waals surface area contributed by atoms with Crippen molar-refractivity contribution in [3.63, 3.8) is 0 Å². The number of alkyl halides is 3. The lowest BCUT2D eigenvalue weighted by Gasteiger charge is -2.55. The van der Waals surface area contributed by atoms with E-state index in [0.29, 0.717) is 37.8 Å². The first-order valence-corrected chi connectivity index (χ1v) is 19.5. The summed E-state index contributed by atoms with van der Waals surface area (Å²) in [6.07, 6.45) is 10.5. The second-order valence-electron chi connectivity index (χ2n) is 16.1. The molecular formula is C42H58F3N3O. The van der Waals surface area contributed by atoms with Crippen molar-refractivity contribution in [1.82, 2.24) is 14.9 Å². The summed E-state index contributed by atoms with van der Waals surface area (Å²) in [5.74, 6) is 1.70. The molecule has 4 nitrogen and oxygen atoms in total. The van der Waals surface area contributed by atoms with Gasteiger partial charge >= 0.3 is 6.18 Å². The number of nitrogens with zero attached hydrogens (tertiary/aromatic N) is 2. The molecular weight excluding hydrogens is 619 g/mol. The quantitative estimate of drug-likeness (QED) is 0.154. The van der Waals surface area contributed by atoms with Gasteiger partial charge in [0.25, 0.3) is 0 Å². The van der Waals surface area contributed by atoms with E-state index in [1.54, 1.807) is 0 Å². The van der Waals surface area contributed by atoms with Crippen LogP contribution in [-0.4, -0.2) is 34.6 Å². The largest absolute Gasteiger partial charge is 0.389 e. The van der Waals surface area contributed by atoms with Crippen molar-refractivity contribution in [2.24, 2.45) is 17.3 Å². The number of Topliss-reactive ketones (excluding diaryl/α,β-unsaturated/α-hetero) is 1. The Bertz CT molecular complexity index is 1590. The zero-order valence-electron chi connectivity index (χ0n) is 30.2. The molecule has 6 rings (SSSR count). The van der Waals surface area contributed by atoms with Crippen molar-refractivity contribution < 1.29 is 18.0 Å². The van der Waals surface area contributed by atoms with E-state index >= 15 is 4.79 Å². The third-order valence-corrected chi connectivity index (χ3v) is 12.0. The molecule has 2 unspecified atom stereocenters. The van der Waals surface area contributed by atoms with E-state index in [4.69, 9.17) is 4.98 Å². The van der Waals surface area contributed by atoms with Crippen molar-refractivity contribution in [3.05, 3.63) is 64.7 Å². The van der Waals surface area contributed by atoms with Crippen LogP contribution in [0.3, 0.4) is 0 Å². The minimum absolute atomic E-state index is 0.0305. The molecule has 7 heteroatoms. The molecule has 0 amide bonds. The van der Waals surface area contributed by atoms with Gasteiger partial charge in [0.05, 0.1) is 16.5 Å². The van der Waals surface area contributed by atoms with Crippen LogP contribution in [0.15, 0.2) is 36.4 Å². The molecule has 1 aromatic heterocycles. The van der Waals surface area contributed by atoms with Gasteiger partial charge in [0.1, 0.15) is 5.82 Å². The third-order valence-electron chi connectivity index (χ3n) is 12.0. The number of carbonyl (C=O) groups excluding carboxylic acids is 1. The number of carbonyl (C=O) groups is 1. The van der Waals surface area contributed by atoms with Crippen LogP contribution in [0, 0.1) is 17.3 Å². The first kappa shape index (κ1) is 36.1. The molecule has 1 saturated heterocycles. The Labute approximate surface area is 292 Å². The van der Waals surface area contributed by atoms with Gasteiger partial charge in [-0.2, -0.15) is 13.2 Å². The number of hydrogen-bond acceptors (Lipinski definition) is 3. The summed E-state index contributed by atoms with van der Waals surface area (Å²) >= 11 is 0. The number of aryl methyl sites for hydroxylation is 1. The van der Waals surface area contributed by atoms with Crippen LogP contribution in [-0.2, 0) is 42.4 Å². The molecule has 0 saturated carbocycles. The molecule has 2 aliphatic carbocycles. The summed E-state index contributed by atoms with van der Waals surface area (Å²) in [4.78, 5) is 20.9. The number of fused-ring (bicyclic) bond motifs is 3. The number of aromatic nitrogens is 2. The summed E-state index contributed by atoms with van der Waals surface area (Å²) in [6.45, 7) is 8.46. The second kappa shape index (κ2) is 15.3. The highest BCUT2D eigenvalue weighted by atomic mass is 19.4. The number of hydrogen-bond donors (Lipinski definition) is 1. The van der Waals surface area contributed by atoms with Crippen molar-refractivity contribution >= 4 is 16.6 Å². The summed E-state index contributed by atoms with van der Waals surface area (Å²) in [5.41, 5.74) is 3.32. The van der Waals surface area contributed by atoms with Crippen LogP contribution in [0.25, 0.3) is 10.8 Å². The van der Waals surface area contributed by atoms with Gasteiger partial charge in [-0.05, 0) is 91.2 Å². The summed E-state index contributed by atoms with van der Waals surface area (Å²) in [6, 6.07) is 13.1. The first-order chi connectivity index (χ1) is 23.6. The SMILES string of the molecule is CCCCCCCCCC(CC(C)C)C1(Cc2nc3c(n2CCCC(F)(F)F)CCCC3)C(=O)C2(CNC2)Cc2cc3ccccc3cc21. The molecule has 1 aliphatic heterocycles. The van der Waals surface area contributed by atoms with E-state index in [-0.39, 0.29) is 12.3 Å². The Morgan fingerprint density at radius 3 is 2.31 bits per heavy atom. The lowest BCUT2D eigenvalue weighted by atomic mass is 9.50. The fourth-order valence-electron chi connectivity index (χ4n) is 9.55. The third kappa shape index (κ3) is 7.67. The maximum absolute atomic E-state index is 15.7. The Hall–Kier alpha value is -2.67. The fourth-order valence-corrected chi connectivity index (χ4v) is 9.55. The minimum Gasteiger partial charge on any atom is -0.332 e. The summed E-state index contributed by atoms with van der Waals surface area (Å²) in [7, 11) is 0. The van der Waals surface area contributed by atoms with Crippen LogP contribution >= 0.6 is 0 Å². The summed E-state index contributed by atoms with van der Waals surface area (Å²) in [5, 5.41) is 5.82. The Morgan fingerprint density at radius 2 is 1.63 bits per heavy atom. The van der Waals surface area contributed by atoms with E-state index in [1.807, 2.05) is 0 Å². The van der Waals surface area contributed by atoms with E-state index < -0.39 is 23.4 Å². The molecule has 2 aromatic carbocycles. The number of imidazole rings is 1. The molecule has 0 radical (unpaired) electrons. The van der Waals surface area contributed by atoms with E-state index in [1.165, 1.54) is 49.5 Å². The lowest BCUT2D eigenvalue weighted by molar-refractivity contribution is -0.142. The normalized spacial score (nSPS) is 20.8. The molecule has 3 aromatic rings. The smallest absolute Gasteiger partial charge is 0.332 e. The molecule has 2 atom stereocenters. The van der Waals surface area contributed by atoms with Gasteiger partial charge in [0.2, 0.25) is 0 Å². The Balaban J connectivity index is 1.48. The van der Waals surface area contributed by atoms with Crippen molar-refractivity contribution in [2.45, 2.75) is 148 Å². The molecule has 1 spiro atoms. The zero-order chi connectivity index (χ0) is 34.6. The highest BCUT2D eigenvalue weighted by Gasteiger charge is 2.61. The maximum atomic E-state index is 15.7. The topological polar surface area (TPSA) is 46.9 Å². The van der Waals surface area contributed by atoms with Crippen LogP contribution in [0.4, 0.5) is 13.2 Å². The molecule has 49 heavy (non-hydrogen) atoms. The minimum atomic E-state index is -4.19. The van der Waals surface area contributed by atoms with Gasteiger partial charge < -0.3 is 9.88 Å². The Kier molecular flexibility index (Phi) is 11.3. The maximum Gasteiger partial charge on any atom is 0.389 e. The fraction of sp³-hybridized carbons (Fsp3) is 0.667. The lowest BCUT2D eigenvalue weighted by Crippen LogP contribution is -2.68. The average Bonchev–Trinajstić information content (AvgIpc) is 3.39. The molecule has 1 N–H and O–H groups in total. The molecule has 268 valence electrons. The number of rotatable bonds is 16. The highest BCUT2D eigenvalue weighted by molar-refractivity contribution is 6.00. The number of halogens is 3. The van der Waals surface area contributed by atoms with Gasteiger partial charge in [-0.1, -0.05) is 96.0 Å². The molecule has 0 bridgehead atoms. The van der Waals surface area contributed by atoms with Gasteiger partial charge in [-0.15, -0.1) is 0 Å². The van der Waals surface area contributed by atoms with Crippen molar-refractivity contribution in [2.75, 3.05) is 13.1 Å². The van der Waals surface area contributed by atoms with Gasteiger partial charge in [0, 0.05) is 38.2 Å². The predicted octanol–water partition coefficient (Wildman–Crippen LogP) is 10.3. The summed E-state index contributed by atoms with van der Waals surface area (Å²) < 4.78 is 42.4. The first-order valence-electron chi connectivity index (χ1n) is 19.5. The predicted molar refractivity (Wildman–Crippen MR) is 193 cm³/mol. The van der Waals surface area contributed by atoms with E-state index in [2.05, 4.69) is 67.1 Å². The molecule has 3 aliphatic rings. The highest BCUT2D eigenvalue weighted by Crippen LogP contribution is 2.54. The average molecular weight is 678 g/mol. The molecule has 2 heterocycles.